The van der Waals surface area contributed by atoms with Gasteiger partial charge in [0.1, 0.15) is 11.6 Å². The zero-order chi connectivity index (χ0) is 14.0. The van der Waals surface area contributed by atoms with E-state index in [4.69, 9.17) is 5.11 Å². The van der Waals surface area contributed by atoms with E-state index < -0.39 is 17.6 Å². The van der Waals surface area contributed by atoms with Gasteiger partial charge in [-0.2, -0.15) is 0 Å². The molecule has 0 bridgehead atoms. The van der Waals surface area contributed by atoms with Crippen LogP contribution in [0.4, 0.5) is 20.4 Å². The largest absolute Gasteiger partial charge is 0.478 e. The van der Waals surface area contributed by atoms with Crippen LogP contribution in [-0.4, -0.2) is 21.0 Å². The van der Waals surface area contributed by atoms with Crippen LogP contribution in [0.3, 0.4) is 0 Å². The molecule has 0 aliphatic rings. The molecule has 1 aromatic carbocycles. The molecule has 0 unspecified atom stereocenters. The fourth-order valence-corrected chi connectivity index (χ4v) is 1.45. The van der Waals surface area contributed by atoms with Crippen molar-refractivity contribution < 1.29 is 18.7 Å². The van der Waals surface area contributed by atoms with E-state index in [2.05, 4.69) is 15.3 Å². The van der Waals surface area contributed by atoms with Crippen LogP contribution in [0.5, 0.6) is 0 Å². The van der Waals surface area contributed by atoms with Crippen LogP contribution in [0.1, 0.15) is 16.1 Å². The van der Waals surface area contributed by atoms with E-state index in [1.54, 1.807) is 0 Å². The van der Waals surface area contributed by atoms with Gasteiger partial charge in [0.2, 0.25) is 5.95 Å². The number of anilines is 2. The highest BCUT2D eigenvalue weighted by atomic mass is 19.1. The van der Waals surface area contributed by atoms with Crippen molar-refractivity contribution in [1.29, 1.82) is 0 Å². The number of halogens is 2. The number of benzene rings is 1. The number of carboxylic acid groups (broad SMARTS) is 1. The molecule has 5 nitrogen and oxygen atoms in total. The van der Waals surface area contributed by atoms with Gasteiger partial charge in [0, 0.05) is 12.3 Å². The summed E-state index contributed by atoms with van der Waals surface area (Å²) >= 11 is 0. The van der Waals surface area contributed by atoms with Crippen molar-refractivity contribution in [1.82, 2.24) is 9.97 Å². The van der Waals surface area contributed by atoms with Crippen LogP contribution < -0.4 is 5.32 Å². The van der Waals surface area contributed by atoms with Crippen LogP contribution in [0.2, 0.25) is 0 Å². The minimum absolute atomic E-state index is 0.00359. The Bertz CT molecular complexity index is 647. The zero-order valence-electron chi connectivity index (χ0n) is 9.82. The van der Waals surface area contributed by atoms with Crippen LogP contribution >= 0.6 is 0 Å². The van der Waals surface area contributed by atoms with Gasteiger partial charge in [-0.15, -0.1) is 0 Å². The van der Waals surface area contributed by atoms with Gasteiger partial charge < -0.3 is 10.4 Å². The molecule has 1 aromatic heterocycles. The predicted octanol–water partition coefficient (Wildman–Crippen LogP) is 2.51. The molecule has 0 fully saturated rings. The molecule has 1 heterocycles. The third-order valence-corrected chi connectivity index (χ3v) is 2.39. The maximum atomic E-state index is 13.4. The Morgan fingerprint density at radius 1 is 1.37 bits per heavy atom. The summed E-state index contributed by atoms with van der Waals surface area (Å²) in [5, 5.41) is 11.4. The summed E-state index contributed by atoms with van der Waals surface area (Å²) in [5.41, 5.74) is 0.210. The first-order valence-corrected chi connectivity index (χ1v) is 5.26. The van der Waals surface area contributed by atoms with Crippen LogP contribution in [-0.2, 0) is 0 Å². The lowest BCUT2D eigenvalue weighted by Crippen LogP contribution is -2.06. The summed E-state index contributed by atoms with van der Waals surface area (Å²) in [7, 11) is 0. The molecule has 0 aliphatic carbocycles. The highest BCUT2D eigenvalue weighted by Crippen LogP contribution is 2.18. The number of carbonyl (C=O) groups is 1. The maximum Gasteiger partial charge on any atom is 0.339 e. The van der Waals surface area contributed by atoms with Crippen LogP contribution in [0.25, 0.3) is 0 Å². The standard InChI is InChI=1S/C12H9F2N3O2/c1-6-8(11(18)19)5-15-12(16-6)17-10-3-2-7(13)4-9(10)14/h2-5H,1H3,(H,18,19)(H,15,16,17). The van der Waals surface area contributed by atoms with Crippen LogP contribution in [0.15, 0.2) is 24.4 Å². The Labute approximate surface area is 106 Å². The van der Waals surface area contributed by atoms with Gasteiger partial charge in [-0.05, 0) is 19.1 Å². The van der Waals surface area contributed by atoms with E-state index in [-0.39, 0.29) is 22.9 Å². The second-order valence-corrected chi connectivity index (χ2v) is 3.75. The molecule has 0 aliphatic heterocycles. The lowest BCUT2D eigenvalue weighted by Gasteiger charge is -2.07. The molecule has 0 amide bonds. The van der Waals surface area contributed by atoms with E-state index in [1.807, 2.05) is 0 Å². The van der Waals surface area contributed by atoms with Crippen molar-refractivity contribution in [2.45, 2.75) is 6.92 Å². The number of carboxylic acids is 1. The minimum atomic E-state index is -1.14. The molecule has 0 saturated carbocycles. The first-order valence-electron chi connectivity index (χ1n) is 5.26. The van der Waals surface area contributed by atoms with Gasteiger partial charge in [-0.3, -0.25) is 0 Å². The van der Waals surface area contributed by atoms with E-state index in [0.29, 0.717) is 0 Å². The molecule has 2 rings (SSSR count). The normalized spacial score (nSPS) is 10.3. The lowest BCUT2D eigenvalue weighted by atomic mass is 10.2. The SMILES string of the molecule is Cc1nc(Nc2ccc(F)cc2F)ncc1C(=O)O. The Morgan fingerprint density at radius 3 is 2.68 bits per heavy atom. The molecule has 0 saturated heterocycles. The topological polar surface area (TPSA) is 75.1 Å². The van der Waals surface area contributed by atoms with Gasteiger partial charge >= 0.3 is 5.97 Å². The second-order valence-electron chi connectivity index (χ2n) is 3.75. The average molecular weight is 265 g/mol. The molecule has 19 heavy (non-hydrogen) atoms. The van der Waals surface area contributed by atoms with Gasteiger partial charge in [-0.25, -0.2) is 23.5 Å². The minimum Gasteiger partial charge on any atom is -0.478 e. The molecule has 0 spiro atoms. The summed E-state index contributed by atoms with van der Waals surface area (Å²) in [6.45, 7) is 1.50. The number of nitrogens with one attached hydrogen (secondary N) is 1. The van der Waals surface area contributed by atoms with Gasteiger partial charge in [0.05, 0.1) is 16.9 Å². The lowest BCUT2D eigenvalue weighted by molar-refractivity contribution is 0.0695. The summed E-state index contributed by atoms with van der Waals surface area (Å²) < 4.78 is 26.1. The number of aryl methyl sites for hydroxylation is 1. The third-order valence-electron chi connectivity index (χ3n) is 2.39. The fourth-order valence-electron chi connectivity index (χ4n) is 1.45. The third kappa shape index (κ3) is 2.82. The fraction of sp³-hybridized carbons (Fsp3) is 0.0833. The van der Waals surface area contributed by atoms with Crippen LogP contribution in [0, 0.1) is 18.6 Å². The average Bonchev–Trinajstić information content (AvgIpc) is 2.32. The number of rotatable bonds is 3. The number of hydrogen-bond donors (Lipinski definition) is 2. The van der Waals surface area contributed by atoms with Crippen molar-refractivity contribution in [3.63, 3.8) is 0 Å². The first kappa shape index (κ1) is 12.9. The van der Waals surface area contributed by atoms with Crippen molar-refractivity contribution in [2.24, 2.45) is 0 Å². The zero-order valence-corrected chi connectivity index (χ0v) is 9.82. The smallest absolute Gasteiger partial charge is 0.339 e. The van der Waals surface area contributed by atoms with E-state index in [0.717, 1.165) is 18.3 Å². The number of hydrogen-bond acceptors (Lipinski definition) is 4. The Kier molecular flexibility index (Phi) is 3.37. The van der Waals surface area contributed by atoms with E-state index >= 15 is 0 Å². The second kappa shape index (κ2) is 4.97. The molecular weight excluding hydrogens is 256 g/mol. The van der Waals surface area contributed by atoms with Crippen molar-refractivity contribution in [3.8, 4) is 0 Å². The van der Waals surface area contributed by atoms with Crippen molar-refractivity contribution in [3.05, 3.63) is 47.3 Å². The number of aromatic carboxylic acids is 1. The molecular formula is C12H9F2N3O2. The molecule has 98 valence electrons. The molecule has 7 heteroatoms. The molecule has 0 atom stereocenters. The summed E-state index contributed by atoms with van der Waals surface area (Å²) in [5.74, 6) is -2.59. The quantitative estimate of drug-likeness (QED) is 0.891. The van der Waals surface area contributed by atoms with Gasteiger partial charge in [0.25, 0.3) is 0 Å². The maximum absolute atomic E-state index is 13.4. The first-order chi connectivity index (χ1) is 8.97. The molecule has 0 radical (unpaired) electrons. The monoisotopic (exact) mass is 265 g/mol. The van der Waals surface area contributed by atoms with Gasteiger partial charge in [0.15, 0.2) is 0 Å². The predicted molar refractivity (Wildman–Crippen MR) is 63.4 cm³/mol. The van der Waals surface area contributed by atoms with E-state index in [9.17, 15) is 13.6 Å². The molecule has 2 aromatic rings. The van der Waals surface area contributed by atoms with E-state index in [1.165, 1.54) is 13.0 Å². The Balaban J connectivity index is 2.29. The number of nitrogens with zero attached hydrogens (tertiary/aromatic N) is 2. The van der Waals surface area contributed by atoms with Crippen molar-refractivity contribution in [2.75, 3.05) is 5.32 Å². The summed E-state index contributed by atoms with van der Waals surface area (Å²) in [4.78, 5) is 18.4. The van der Waals surface area contributed by atoms with Crippen molar-refractivity contribution >= 4 is 17.6 Å². The highest BCUT2D eigenvalue weighted by molar-refractivity contribution is 5.88. The summed E-state index contributed by atoms with van der Waals surface area (Å²) in [6, 6.07) is 3.01. The molecule has 2 N–H and O–H groups in total. The Hall–Kier alpha value is -2.57. The van der Waals surface area contributed by atoms with Gasteiger partial charge in [-0.1, -0.05) is 0 Å². The summed E-state index contributed by atoms with van der Waals surface area (Å²) in [6.07, 6.45) is 1.12. The number of aromatic nitrogens is 2. The Morgan fingerprint density at radius 2 is 2.11 bits per heavy atom. The highest BCUT2D eigenvalue weighted by Gasteiger charge is 2.11.